The van der Waals surface area contributed by atoms with E-state index in [1.807, 2.05) is 0 Å². The van der Waals surface area contributed by atoms with Crippen LogP contribution >= 0.6 is 0 Å². The highest BCUT2D eigenvalue weighted by Gasteiger charge is 2.38. The third-order valence-corrected chi connectivity index (χ3v) is 5.46. The summed E-state index contributed by atoms with van der Waals surface area (Å²) >= 11 is 0. The quantitative estimate of drug-likeness (QED) is 0.836. The maximum Gasteiger partial charge on any atom is 0.0129 e. The lowest BCUT2D eigenvalue weighted by molar-refractivity contribution is 0.0733. The van der Waals surface area contributed by atoms with E-state index in [1.165, 1.54) is 38.8 Å². The molecule has 5 unspecified atom stereocenters. The van der Waals surface area contributed by atoms with Gasteiger partial charge in [-0.3, -0.25) is 4.90 Å². The van der Waals surface area contributed by atoms with Crippen molar-refractivity contribution in [3.63, 3.8) is 0 Å². The highest BCUT2D eigenvalue weighted by Crippen LogP contribution is 2.38. The Kier molecular flexibility index (Phi) is 4.71. The molecule has 1 saturated carbocycles. The van der Waals surface area contributed by atoms with Gasteiger partial charge in [-0.1, -0.05) is 27.2 Å². The third kappa shape index (κ3) is 3.08. The Balaban J connectivity index is 2.00. The lowest BCUT2D eigenvalue weighted by atomic mass is 9.73. The van der Waals surface area contributed by atoms with Gasteiger partial charge in [-0.2, -0.15) is 0 Å². The summed E-state index contributed by atoms with van der Waals surface area (Å²) in [5, 5.41) is 0. The molecule has 18 heavy (non-hydrogen) atoms. The second-order valence-corrected chi connectivity index (χ2v) is 7.30. The van der Waals surface area contributed by atoms with Gasteiger partial charge in [0.2, 0.25) is 0 Å². The van der Waals surface area contributed by atoms with Gasteiger partial charge < -0.3 is 5.73 Å². The standard InChI is InChI=1S/C16H32N2/c1-11(2)15-6-5-12(3)9-16(15)18-8-7-14(10-18)13(4)17/h11-16H,5-10,17H2,1-4H3. The Morgan fingerprint density at radius 3 is 2.39 bits per heavy atom. The zero-order valence-corrected chi connectivity index (χ0v) is 12.7. The predicted octanol–water partition coefficient (Wildman–Crippen LogP) is 3.12. The van der Waals surface area contributed by atoms with Crippen LogP contribution in [-0.2, 0) is 0 Å². The zero-order valence-electron chi connectivity index (χ0n) is 12.7. The van der Waals surface area contributed by atoms with E-state index in [0.717, 1.165) is 29.7 Å². The topological polar surface area (TPSA) is 29.3 Å². The van der Waals surface area contributed by atoms with Gasteiger partial charge in [0.1, 0.15) is 0 Å². The Labute approximate surface area is 113 Å². The monoisotopic (exact) mass is 252 g/mol. The van der Waals surface area contributed by atoms with Crippen LogP contribution in [0.5, 0.6) is 0 Å². The molecule has 2 nitrogen and oxygen atoms in total. The van der Waals surface area contributed by atoms with Crippen molar-refractivity contribution in [3.05, 3.63) is 0 Å². The molecule has 0 aromatic carbocycles. The molecule has 0 aromatic rings. The number of nitrogens with zero attached hydrogens (tertiary/aromatic N) is 1. The van der Waals surface area contributed by atoms with E-state index in [4.69, 9.17) is 5.73 Å². The second kappa shape index (κ2) is 5.92. The highest BCUT2D eigenvalue weighted by atomic mass is 15.2. The molecule has 1 aliphatic heterocycles. The highest BCUT2D eigenvalue weighted by molar-refractivity contribution is 4.92. The summed E-state index contributed by atoms with van der Waals surface area (Å²) in [4.78, 5) is 2.77. The second-order valence-electron chi connectivity index (χ2n) is 7.30. The number of hydrogen-bond donors (Lipinski definition) is 1. The summed E-state index contributed by atoms with van der Waals surface area (Å²) < 4.78 is 0. The number of hydrogen-bond acceptors (Lipinski definition) is 2. The average molecular weight is 252 g/mol. The van der Waals surface area contributed by atoms with Crippen molar-refractivity contribution in [1.82, 2.24) is 4.90 Å². The Hall–Kier alpha value is -0.0800. The van der Waals surface area contributed by atoms with Crippen LogP contribution in [0.15, 0.2) is 0 Å². The fraction of sp³-hybridized carbons (Fsp3) is 1.00. The first kappa shape index (κ1) is 14.3. The summed E-state index contributed by atoms with van der Waals surface area (Å²) in [5.41, 5.74) is 6.08. The van der Waals surface area contributed by atoms with Gasteiger partial charge in [-0.25, -0.2) is 0 Å². The SMILES string of the molecule is CC1CCC(C(C)C)C(N2CCC(C(C)N)C2)C1. The van der Waals surface area contributed by atoms with Gasteiger partial charge in [-0.05, 0) is 56.4 Å². The summed E-state index contributed by atoms with van der Waals surface area (Å²) in [7, 11) is 0. The maximum atomic E-state index is 6.08. The molecule has 2 fully saturated rings. The van der Waals surface area contributed by atoms with Crippen LogP contribution in [0.4, 0.5) is 0 Å². The molecule has 5 atom stereocenters. The smallest absolute Gasteiger partial charge is 0.0129 e. The van der Waals surface area contributed by atoms with Crippen molar-refractivity contribution in [2.45, 2.75) is 65.5 Å². The van der Waals surface area contributed by atoms with Gasteiger partial charge in [0, 0.05) is 18.6 Å². The van der Waals surface area contributed by atoms with Crippen molar-refractivity contribution < 1.29 is 0 Å². The van der Waals surface area contributed by atoms with E-state index in [1.54, 1.807) is 0 Å². The van der Waals surface area contributed by atoms with Crippen LogP contribution in [0.25, 0.3) is 0 Å². The van der Waals surface area contributed by atoms with E-state index in [9.17, 15) is 0 Å². The van der Waals surface area contributed by atoms with Crippen molar-refractivity contribution in [1.29, 1.82) is 0 Å². The van der Waals surface area contributed by atoms with Gasteiger partial charge in [0.15, 0.2) is 0 Å². The van der Waals surface area contributed by atoms with Crippen molar-refractivity contribution in [3.8, 4) is 0 Å². The molecule has 2 aliphatic rings. The van der Waals surface area contributed by atoms with Crippen molar-refractivity contribution in [2.75, 3.05) is 13.1 Å². The lowest BCUT2D eigenvalue weighted by Gasteiger charge is -2.42. The largest absolute Gasteiger partial charge is 0.328 e. The minimum Gasteiger partial charge on any atom is -0.328 e. The van der Waals surface area contributed by atoms with E-state index in [2.05, 4.69) is 32.6 Å². The molecule has 1 saturated heterocycles. The molecule has 0 amide bonds. The first-order chi connectivity index (χ1) is 8.49. The van der Waals surface area contributed by atoms with Gasteiger partial charge in [0.25, 0.3) is 0 Å². The van der Waals surface area contributed by atoms with Gasteiger partial charge >= 0.3 is 0 Å². The minimum atomic E-state index is 0.369. The number of nitrogens with two attached hydrogens (primary N) is 1. The molecular weight excluding hydrogens is 220 g/mol. The molecule has 2 heteroatoms. The first-order valence-corrected chi connectivity index (χ1v) is 7.98. The molecule has 0 aromatic heterocycles. The average Bonchev–Trinajstić information content (AvgIpc) is 2.77. The van der Waals surface area contributed by atoms with Crippen LogP contribution < -0.4 is 5.73 Å². The number of rotatable bonds is 3. The third-order valence-electron chi connectivity index (χ3n) is 5.46. The Morgan fingerprint density at radius 2 is 1.83 bits per heavy atom. The minimum absolute atomic E-state index is 0.369. The molecule has 1 aliphatic carbocycles. The molecule has 0 radical (unpaired) electrons. The van der Waals surface area contributed by atoms with Crippen molar-refractivity contribution in [2.24, 2.45) is 29.4 Å². The summed E-state index contributed by atoms with van der Waals surface area (Å²) in [5.74, 6) is 3.39. The van der Waals surface area contributed by atoms with E-state index >= 15 is 0 Å². The molecule has 106 valence electrons. The van der Waals surface area contributed by atoms with E-state index < -0.39 is 0 Å². The lowest BCUT2D eigenvalue weighted by Crippen LogP contribution is -2.45. The molecule has 0 bridgehead atoms. The summed E-state index contributed by atoms with van der Waals surface area (Å²) in [6, 6.07) is 1.20. The predicted molar refractivity (Wildman–Crippen MR) is 78.5 cm³/mol. The Morgan fingerprint density at radius 1 is 1.11 bits per heavy atom. The fourth-order valence-electron chi connectivity index (χ4n) is 4.12. The Bertz CT molecular complexity index is 262. The number of likely N-dealkylation sites (tertiary alicyclic amines) is 1. The molecule has 2 rings (SSSR count). The molecule has 2 N–H and O–H groups in total. The normalized spacial score (nSPS) is 40.3. The molecular formula is C16H32N2. The van der Waals surface area contributed by atoms with Crippen LogP contribution in [0.1, 0.15) is 53.4 Å². The summed E-state index contributed by atoms with van der Waals surface area (Å²) in [6.45, 7) is 12.0. The molecule has 0 spiro atoms. The van der Waals surface area contributed by atoms with Gasteiger partial charge in [0.05, 0.1) is 0 Å². The first-order valence-electron chi connectivity index (χ1n) is 7.98. The van der Waals surface area contributed by atoms with Crippen molar-refractivity contribution >= 4 is 0 Å². The van der Waals surface area contributed by atoms with Crippen LogP contribution in [0, 0.1) is 23.7 Å². The zero-order chi connectivity index (χ0) is 13.3. The van der Waals surface area contributed by atoms with E-state index in [-0.39, 0.29) is 0 Å². The molecule has 1 heterocycles. The maximum absolute atomic E-state index is 6.08. The van der Waals surface area contributed by atoms with E-state index in [0.29, 0.717) is 6.04 Å². The van der Waals surface area contributed by atoms with Gasteiger partial charge in [-0.15, -0.1) is 0 Å². The van der Waals surface area contributed by atoms with Crippen LogP contribution in [-0.4, -0.2) is 30.1 Å². The summed E-state index contributed by atoms with van der Waals surface area (Å²) in [6.07, 6.45) is 5.59. The fourth-order valence-corrected chi connectivity index (χ4v) is 4.12. The van der Waals surface area contributed by atoms with Crippen LogP contribution in [0.3, 0.4) is 0 Å². The van der Waals surface area contributed by atoms with Crippen LogP contribution in [0.2, 0.25) is 0 Å².